The van der Waals surface area contributed by atoms with Gasteiger partial charge in [0.2, 0.25) is 0 Å². The van der Waals surface area contributed by atoms with Crippen molar-refractivity contribution >= 4 is 0 Å². The molecule has 2 atom stereocenters. The van der Waals surface area contributed by atoms with Crippen LogP contribution in [0.15, 0.2) is 24.3 Å². The summed E-state index contributed by atoms with van der Waals surface area (Å²) in [6.45, 7) is 2.65. The van der Waals surface area contributed by atoms with Gasteiger partial charge in [-0.15, -0.1) is 0 Å². The zero-order valence-electron chi connectivity index (χ0n) is 13.0. The Morgan fingerprint density at radius 3 is 2.86 bits per heavy atom. The summed E-state index contributed by atoms with van der Waals surface area (Å²) in [7, 11) is 0. The SMILES string of the molecule is C[C@H](N)c1cccc(OCC2CCC3(CCCCC3)O2)c1. The van der Waals surface area contributed by atoms with Gasteiger partial charge in [-0.25, -0.2) is 0 Å². The second-order valence-corrected chi connectivity index (χ2v) is 6.69. The molecule has 1 saturated heterocycles. The van der Waals surface area contributed by atoms with Gasteiger partial charge >= 0.3 is 0 Å². The lowest BCUT2D eigenvalue weighted by atomic mass is 9.83. The van der Waals surface area contributed by atoms with E-state index in [4.69, 9.17) is 15.2 Å². The van der Waals surface area contributed by atoms with Crippen molar-refractivity contribution in [2.75, 3.05) is 6.61 Å². The highest BCUT2D eigenvalue weighted by Gasteiger charge is 2.40. The van der Waals surface area contributed by atoms with Crippen LogP contribution in [0, 0.1) is 0 Å². The lowest BCUT2D eigenvalue weighted by Gasteiger charge is -2.33. The Labute approximate surface area is 127 Å². The molecule has 3 rings (SSSR count). The molecular formula is C18H27NO2. The molecule has 1 aliphatic heterocycles. The van der Waals surface area contributed by atoms with Crippen molar-refractivity contribution in [2.24, 2.45) is 5.73 Å². The maximum Gasteiger partial charge on any atom is 0.119 e. The molecule has 1 heterocycles. The zero-order chi connectivity index (χ0) is 14.7. The molecule has 2 aliphatic rings. The summed E-state index contributed by atoms with van der Waals surface area (Å²) in [4.78, 5) is 0. The van der Waals surface area contributed by atoms with Gasteiger partial charge < -0.3 is 15.2 Å². The van der Waals surface area contributed by atoms with Crippen molar-refractivity contribution in [3.05, 3.63) is 29.8 Å². The zero-order valence-corrected chi connectivity index (χ0v) is 13.0. The summed E-state index contributed by atoms with van der Waals surface area (Å²) >= 11 is 0. The van der Waals surface area contributed by atoms with Crippen molar-refractivity contribution in [2.45, 2.75) is 69.6 Å². The van der Waals surface area contributed by atoms with Crippen LogP contribution in [0.1, 0.15) is 63.5 Å². The van der Waals surface area contributed by atoms with E-state index in [0.717, 1.165) is 17.7 Å². The Hall–Kier alpha value is -1.06. The predicted molar refractivity (Wildman–Crippen MR) is 84.5 cm³/mol. The summed E-state index contributed by atoms with van der Waals surface area (Å²) in [6.07, 6.45) is 9.09. The molecule has 116 valence electrons. The van der Waals surface area contributed by atoms with E-state index >= 15 is 0 Å². The van der Waals surface area contributed by atoms with Gasteiger partial charge in [0.15, 0.2) is 0 Å². The molecule has 2 fully saturated rings. The van der Waals surface area contributed by atoms with E-state index in [9.17, 15) is 0 Å². The molecule has 0 aromatic heterocycles. The Bertz CT molecular complexity index is 466. The molecule has 0 bridgehead atoms. The highest BCUT2D eigenvalue weighted by atomic mass is 16.6. The quantitative estimate of drug-likeness (QED) is 0.912. The maximum absolute atomic E-state index is 6.34. The fourth-order valence-electron chi connectivity index (χ4n) is 3.65. The Morgan fingerprint density at radius 1 is 1.29 bits per heavy atom. The van der Waals surface area contributed by atoms with Crippen molar-refractivity contribution in [3.8, 4) is 5.75 Å². The Morgan fingerprint density at radius 2 is 2.10 bits per heavy atom. The second-order valence-electron chi connectivity index (χ2n) is 6.69. The van der Waals surface area contributed by atoms with Crippen LogP contribution in [0.4, 0.5) is 0 Å². The molecule has 0 amide bonds. The van der Waals surface area contributed by atoms with Gasteiger partial charge in [0.05, 0.1) is 11.7 Å². The molecule has 1 unspecified atom stereocenters. The fourth-order valence-corrected chi connectivity index (χ4v) is 3.65. The van der Waals surface area contributed by atoms with Gasteiger partial charge in [-0.3, -0.25) is 0 Å². The van der Waals surface area contributed by atoms with Gasteiger partial charge in [0, 0.05) is 6.04 Å². The van der Waals surface area contributed by atoms with E-state index in [-0.39, 0.29) is 17.7 Å². The van der Waals surface area contributed by atoms with Gasteiger partial charge in [-0.2, -0.15) is 0 Å². The van der Waals surface area contributed by atoms with Gasteiger partial charge in [0.1, 0.15) is 12.4 Å². The number of ether oxygens (including phenoxy) is 2. The van der Waals surface area contributed by atoms with Crippen molar-refractivity contribution in [1.82, 2.24) is 0 Å². The van der Waals surface area contributed by atoms with E-state index in [1.807, 2.05) is 31.2 Å². The fraction of sp³-hybridized carbons (Fsp3) is 0.667. The van der Waals surface area contributed by atoms with Crippen LogP contribution in [0.2, 0.25) is 0 Å². The first kappa shape index (κ1) is 14.9. The third-order valence-corrected chi connectivity index (χ3v) is 4.92. The van der Waals surface area contributed by atoms with Gasteiger partial charge in [-0.05, 0) is 50.3 Å². The highest BCUT2D eigenvalue weighted by molar-refractivity contribution is 5.30. The van der Waals surface area contributed by atoms with Crippen molar-refractivity contribution in [1.29, 1.82) is 0 Å². The summed E-state index contributed by atoms with van der Waals surface area (Å²) in [5, 5.41) is 0. The first-order chi connectivity index (χ1) is 10.2. The minimum atomic E-state index is 0.0433. The van der Waals surface area contributed by atoms with E-state index in [1.54, 1.807) is 0 Å². The number of hydrogen-bond acceptors (Lipinski definition) is 3. The summed E-state index contributed by atoms with van der Waals surface area (Å²) in [5.41, 5.74) is 7.21. The molecule has 3 nitrogen and oxygen atoms in total. The molecule has 3 heteroatoms. The van der Waals surface area contributed by atoms with Crippen LogP contribution in [0.3, 0.4) is 0 Å². The van der Waals surface area contributed by atoms with Crippen molar-refractivity contribution < 1.29 is 9.47 Å². The summed E-state index contributed by atoms with van der Waals surface area (Å²) < 4.78 is 12.3. The van der Waals surface area contributed by atoms with Crippen molar-refractivity contribution in [3.63, 3.8) is 0 Å². The molecule has 1 aromatic rings. The lowest BCUT2D eigenvalue weighted by molar-refractivity contribution is -0.0748. The van der Waals surface area contributed by atoms with Gasteiger partial charge in [0.25, 0.3) is 0 Å². The monoisotopic (exact) mass is 289 g/mol. The molecule has 1 aliphatic carbocycles. The topological polar surface area (TPSA) is 44.5 Å². The van der Waals surface area contributed by atoms with E-state index in [0.29, 0.717) is 6.61 Å². The Kier molecular flexibility index (Phi) is 4.51. The number of nitrogens with two attached hydrogens (primary N) is 1. The van der Waals surface area contributed by atoms with E-state index in [1.165, 1.54) is 38.5 Å². The van der Waals surface area contributed by atoms with Crippen LogP contribution >= 0.6 is 0 Å². The predicted octanol–water partition coefficient (Wildman–Crippen LogP) is 3.97. The third-order valence-electron chi connectivity index (χ3n) is 4.92. The first-order valence-electron chi connectivity index (χ1n) is 8.33. The molecule has 0 radical (unpaired) electrons. The minimum Gasteiger partial charge on any atom is -0.491 e. The van der Waals surface area contributed by atoms with Crippen LogP contribution in [-0.2, 0) is 4.74 Å². The third kappa shape index (κ3) is 3.58. The number of rotatable bonds is 4. The van der Waals surface area contributed by atoms with E-state index < -0.39 is 0 Å². The molecule has 21 heavy (non-hydrogen) atoms. The normalized spacial score (nSPS) is 25.9. The number of benzene rings is 1. The average molecular weight is 289 g/mol. The van der Waals surface area contributed by atoms with Crippen LogP contribution < -0.4 is 10.5 Å². The lowest BCUT2D eigenvalue weighted by Crippen LogP contribution is -2.32. The molecule has 1 aromatic carbocycles. The molecular weight excluding hydrogens is 262 g/mol. The molecule has 2 N–H and O–H groups in total. The maximum atomic E-state index is 6.34. The van der Waals surface area contributed by atoms with Crippen LogP contribution in [-0.4, -0.2) is 18.3 Å². The average Bonchev–Trinajstić information content (AvgIpc) is 2.89. The molecule has 1 saturated carbocycles. The second kappa shape index (κ2) is 6.37. The van der Waals surface area contributed by atoms with Gasteiger partial charge in [-0.1, -0.05) is 31.4 Å². The minimum absolute atomic E-state index is 0.0433. The first-order valence-corrected chi connectivity index (χ1v) is 8.33. The van der Waals surface area contributed by atoms with Crippen LogP contribution in [0.25, 0.3) is 0 Å². The highest BCUT2D eigenvalue weighted by Crippen LogP contribution is 2.41. The molecule has 1 spiro atoms. The standard InChI is InChI=1S/C18H27NO2/c1-14(19)15-6-5-7-16(12-15)20-13-17-8-11-18(21-17)9-3-2-4-10-18/h5-7,12,14,17H,2-4,8-11,13,19H2,1H3/t14-,17?/m0/s1. The van der Waals surface area contributed by atoms with Crippen LogP contribution in [0.5, 0.6) is 5.75 Å². The summed E-state index contributed by atoms with van der Waals surface area (Å²) in [5.74, 6) is 0.901. The van der Waals surface area contributed by atoms with E-state index in [2.05, 4.69) is 0 Å². The summed E-state index contributed by atoms with van der Waals surface area (Å²) in [6, 6.07) is 8.13. The number of hydrogen-bond donors (Lipinski definition) is 1. The Balaban J connectivity index is 1.53. The largest absolute Gasteiger partial charge is 0.491 e. The smallest absolute Gasteiger partial charge is 0.119 e.